The van der Waals surface area contributed by atoms with Gasteiger partial charge in [0.1, 0.15) is 11.6 Å². The molecule has 7 nitrogen and oxygen atoms in total. The molecule has 1 atom stereocenters. The standard InChI is InChI=1S/C25H26ClFN4O3/c26-19-9-7-18(8-10-19)16-28-24(32)25(33)29-17-22(23-6-3-15-34-23)31-13-11-30(12-14-31)21-5-2-1-4-20(21)27/h1-10,15,22H,11-14,16-17H2,(H,28,32)(H,29,33)/t22-/m0/s1. The van der Waals surface area contributed by atoms with Crippen molar-refractivity contribution in [2.75, 3.05) is 37.6 Å². The number of piperazine rings is 1. The third-order valence-corrected chi connectivity index (χ3v) is 6.10. The van der Waals surface area contributed by atoms with Gasteiger partial charge in [0.2, 0.25) is 0 Å². The number of amides is 2. The summed E-state index contributed by atoms with van der Waals surface area (Å²) >= 11 is 5.87. The van der Waals surface area contributed by atoms with Crippen LogP contribution in [0.4, 0.5) is 10.1 Å². The van der Waals surface area contributed by atoms with Crippen LogP contribution < -0.4 is 15.5 Å². The Kier molecular flexibility index (Phi) is 7.82. The number of carbonyl (C=O) groups is 2. The molecule has 4 rings (SSSR count). The van der Waals surface area contributed by atoms with Crippen LogP contribution in [0.15, 0.2) is 71.3 Å². The Bertz CT molecular complexity index is 1100. The van der Waals surface area contributed by atoms with Gasteiger partial charge in [0.15, 0.2) is 0 Å². The normalized spacial score (nSPS) is 15.1. The zero-order valence-electron chi connectivity index (χ0n) is 18.5. The smallest absolute Gasteiger partial charge is 0.309 e. The summed E-state index contributed by atoms with van der Waals surface area (Å²) in [6, 6.07) is 17.2. The number of anilines is 1. The first-order valence-corrected chi connectivity index (χ1v) is 11.5. The largest absolute Gasteiger partial charge is 0.468 e. The van der Waals surface area contributed by atoms with Crippen molar-refractivity contribution >= 4 is 29.1 Å². The maximum atomic E-state index is 14.2. The molecule has 2 aromatic carbocycles. The molecule has 2 N–H and O–H groups in total. The van der Waals surface area contributed by atoms with Gasteiger partial charge in [-0.05, 0) is 42.0 Å². The summed E-state index contributed by atoms with van der Waals surface area (Å²) in [5.41, 5.74) is 1.43. The highest BCUT2D eigenvalue weighted by molar-refractivity contribution is 6.35. The lowest BCUT2D eigenvalue weighted by atomic mass is 10.1. The van der Waals surface area contributed by atoms with E-state index in [1.807, 2.05) is 17.0 Å². The molecule has 0 radical (unpaired) electrons. The van der Waals surface area contributed by atoms with Crippen molar-refractivity contribution in [1.82, 2.24) is 15.5 Å². The van der Waals surface area contributed by atoms with Gasteiger partial charge in [-0.3, -0.25) is 14.5 Å². The predicted octanol–water partition coefficient (Wildman–Crippen LogP) is 3.37. The van der Waals surface area contributed by atoms with E-state index in [4.69, 9.17) is 16.0 Å². The molecule has 0 unspecified atom stereocenters. The summed E-state index contributed by atoms with van der Waals surface area (Å²) in [6.45, 7) is 3.00. The number of furan rings is 1. The zero-order chi connectivity index (χ0) is 23.9. The minimum atomic E-state index is -0.712. The summed E-state index contributed by atoms with van der Waals surface area (Å²) in [5.74, 6) is -0.968. The Hall–Kier alpha value is -3.36. The van der Waals surface area contributed by atoms with Crippen molar-refractivity contribution in [1.29, 1.82) is 0 Å². The number of para-hydroxylation sites is 1. The van der Waals surface area contributed by atoms with E-state index >= 15 is 0 Å². The Morgan fingerprint density at radius 3 is 2.32 bits per heavy atom. The van der Waals surface area contributed by atoms with Crippen molar-refractivity contribution in [3.63, 3.8) is 0 Å². The van der Waals surface area contributed by atoms with Crippen molar-refractivity contribution in [2.45, 2.75) is 12.6 Å². The number of rotatable bonds is 7. The topological polar surface area (TPSA) is 77.8 Å². The van der Waals surface area contributed by atoms with Gasteiger partial charge >= 0.3 is 11.8 Å². The van der Waals surface area contributed by atoms with Crippen molar-refractivity contribution in [2.24, 2.45) is 0 Å². The van der Waals surface area contributed by atoms with E-state index < -0.39 is 11.8 Å². The molecule has 0 bridgehead atoms. The summed E-state index contributed by atoms with van der Waals surface area (Å²) in [4.78, 5) is 28.8. The minimum absolute atomic E-state index is 0.209. The van der Waals surface area contributed by atoms with Gasteiger partial charge in [-0.1, -0.05) is 35.9 Å². The first-order chi connectivity index (χ1) is 16.5. The van der Waals surface area contributed by atoms with Crippen molar-refractivity contribution in [3.05, 3.63) is 89.1 Å². The molecule has 1 aromatic heterocycles. The van der Waals surface area contributed by atoms with E-state index in [9.17, 15) is 14.0 Å². The molecule has 1 fully saturated rings. The highest BCUT2D eigenvalue weighted by atomic mass is 35.5. The van der Waals surface area contributed by atoms with Crippen LogP contribution in [0.1, 0.15) is 17.4 Å². The molecular weight excluding hydrogens is 459 g/mol. The van der Waals surface area contributed by atoms with Gasteiger partial charge in [0.25, 0.3) is 0 Å². The van der Waals surface area contributed by atoms with Gasteiger partial charge in [-0.25, -0.2) is 4.39 Å². The van der Waals surface area contributed by atoms with Gasteiger partial charge in [-0.2, -0.15) is 0 Å². The number of nitrogens with zero attached hydrogens (tertiary/aromatic N) is 2. The van der Waals surface area contributed by atoms with Crippen LogP contribution in [-0.2, 0) is 16.1 Å². The molecule has 1 aliphatic rings. The molecular formula is C25H26ClFN4O3. The van der Waals surface area contributed by atoms with Crippen molar-refractivity contribution in [3.8, 4) is 0 Å². The van der Waals surface area contributed by atoms with Crippen LogP contribution in [0.3, 0.4) is 0 Å². The van der Waals surface area contributed by atoms with Crippen LogP contribution in [0.25, 0.3) is 0 Å². The van der Waals surface area contributed by atoms with E-state index in [1.165, 1.54) is 6.07 Å². The number of nitrogens with one attached hydrogen (secondary N) is 2. The fraction of sp³-hybridized carbons (Fsp3) is 0.280. The molecule has 0 aliphatic carbocycles. The second kappa shape index (κ2) is 11.2. The third-order valence-electron chi connectivity index (χ3n) is 5.85. The van der Waals surface area contributed by atoms with E-state index in [0.29, 0.717) is 42.6 Å². The average Bonchev–Trinajstić information content (AvgIpc) is 3.39. The quantitative estimate of drug-likeness (QED) is 0.503. The number of carbonyl (C=O) groups excluding carboxylic acids is 2. The summed E-state index contributed by atoms with van der Waals surface area (Å²) < 4.78 is 19.8. The summed E-state index contributed by atoms with van der Waals surface area (Å²) in [5, 5.41) is 5.93. The second-order valence-electron chi connectivity index (χ2n) is 8.02. The van der Waals surface area contributed by atoms with Crippen LogP contribution in [-0.4, -0.2) is 49.4 Å². The Balaban J connectivity index is 1.32. The summed E-state index contributed by atoms with van der Waals surface area (Å²) in [7, 11) is 0. The lowest BCUT2D eigenvalue weighted by Crippen LogP contribution is -2.51. The molecule has 34 heavy (non-hydrogen) atoms. The molecule has 1 aliphatic heterocycles. The molecule has 1 saturated heterocycles. The van der Waals surface area contributed by atoms with Gasteiger partial charge in [-0.15, -0.1) is 0 Å². The first-order valence-electron chi connectivity index (χ1n) is 11.1. The molecule has 9 heteroatoms. The van der Waals surface area contributed by atoms with Crippen LogP contribution in [0.5, 0.6) is 0 Å². The zero-order valence-corrected chi connectivity index (χ0v) is 19.3. The van der Waals surface area contributed by atoms with E-state index in [1.54, 1.807) is 48.7 Å². The number of hydrogen-bond acceptors (Lipinski definition) is 5. The molecule has 3 aromatic rings. The molecule has 2 amide bonds. The minimum Gasteiger partial charge on any atom is -0.468 e. The predicted molar refractivity (Wildman–Crippen MR) is 128 cm³/mol. The SMILES string of the molecule is O=C(NCc1ccc(Cl)cc1)C(=O)NC[C@@H](c1ccco1)N1CCN(c2ccccc2F)CC1. The monoisotopic (exact) mass is 484 g/mol. The van der Waals surface area contributed by atoms with Gasteiger partial charge in [0.05, 0.1) is 18.0 Å². The van der Waals surface area contributed by atoms with Gasteiger partial charge < -0.3 is 20.0 Å². The van der Waals surface area contributed by atoms with E-state index in [0.717, 1.165) is 5.56 Å². The van der Waals surface area contributed by atoms with Crippen molar-refractivity contribution < 1.29 is 18.4 Å². The maximum absolute atomic E-state index is 14.2. The fourth-order valence-corrected chi connectivity index (χ4v) is 4.13. The van der Waals surface area contributed by atoms with E-state index in [2.05, 4.69) is 15.5 Å². The fourth-order valence-electron chi connectivity index (χ4n) is 4.01. The van der Waals surface area contributed by atoms with Gasteiger partial charge in [0, 0.05) is 44.3 Å². The van der Waals surface area contributed by atoms with E-state index in [-0.39, 0.29) is 24.9 Å². The van der Waals surface area contributed by atoms with Crippen LogP contribution in [0, 0.1) is 5.82 Å². The Labute approximate surface area is 202 Å². The number of benzene rings is 2. The molecule has 178 valence electrons. The Morgan fingerprint density at radius 1 is 0.941 bits per heavy atom. The number of hydrogen-bond donors (Lipinski definition) is 2. The third kappa shape index (κ3) is 5.95. The average molecular weight is 485 g/mol. The lowest BCUT2D eigenvalue weighted by molar-refractivity contribution is -0.139. The lowest BCUT2D eigenvalue weighted by Gasteiger charge is -2.39. The molecule has 0 spiro atoms. The highest BCUT2D eigenvalue weighted by Gasteiger charge is 2.28. The maximum Gasteiger partial charge on any atom is 0.309 e. The van der Waals surface area contributed by atoms with Crippen LogP contribution >= 0.6 is 11.6 Å². The van der Waals surface area contributed by atoms with Crippen LogP contribution in [0.2, 0.25) is 5.02 Å². The first kappa shape index (κ1) is 23.8. The Morgan fingerprint density at radius 2 is 1.65 bits per heavy atom. The number of halogens is 2. The second-order valence-corrected chi connectivity index (χ2v) is 8.46. The molecule has 2 heterocycles. The molecule has 0 saturated carbocycles. The highest BCUT2D eigenvalue weighted by Crippen LogP contribution is 2.25. The summed E-state index contributed by atoms with van der Waals surface area (Å²) in [6.07, 6.45) is 1.58.